The van der Waals surface area contributed by atoms with Gasteiger partial charge in [-0.2, -0.15) is 0 Å². The molecule has 0 radical (unpaired) electrons. The van der Waals surface area contributed by atoms with Gasteiger partial charge in [-0.05, 0) is 52.1 Å². The number of fused-ring (bicyclic) bond motifs is 2. The first-order valence-electron chi connectivity index (χ1n) is 6.39. The third-order valence-corrected chi connectivity index (χ3v) is 3.39. The number of rotatable bonds is 3. The predicted molar refractivity (Wildman–Crippen MR) is 76.9 cm³/mol. The average molecular weight is 236 g/mol. The smallest absolute Gasteiger partial charge is 0.0434 e. The summed E-state index contributed by atoms with van der Waals surface area (Å²) in [5, 5.41) is 14.0. The first-order chi connectivity index (χ1) is 8.86. The Kier molecular flexibility index (Phi) is 2.99. The number of hydrogen-bond donors (Lipinski definition) is 1. The van der Waals surface area contributed by atoms with Crippen LogP contribution in [0.15, 0.2) is 54.6 Å². The Hall–Kier alpha value is -1.86. The van der Waals surface area contributed by atoms with Crippen LogP contribution in [-0.4, -0.2) is 11.7 Å². The zero-order valence-corrected chi connectivity index (χ0v) is 10.3. The molecule has 1 heteroatoms. The minimum absolute atomic E-state index is 0.260. The summed E-state index contributed by atoms with van der Waals surface area (Å²) < 4.78 is 0. The molecule has 0 aromatic heterocycles. The van der Waals surface area contributed by atoms with Gasteiger partial charge in [0.25, 0.3) is 0 Å². The van der Waals surface area contributed by atoms with E-state index in [1.165, 1.54) is 27.1 Å². The van der Waals surface area contributed by atoms with Crippen molar-refractivity contribution in [3.8, 4) is 0 Å². The molecule has 3 aromatic rings. The highest BCUT2D eigenvalue weighted by Crippen LogP contribution is 2.24. The molecule has 0 fully saturated rings. The van der Waals surface area contributed by atoms with Gasteiger partial charge >= 0.3 is 0 Å². The van der Waals surface area contributed by atoms with Crippen molar-refractivity contribution >= 4 is 21.5 Å². The van der Waals surface area contributed by atoms with E-state index in [0.29, 0.717) is 0 Å². The van der Waals surface area contributed by atoms with Gasteiger partial charge in [-0.1, -0.05) is 42.5 Å². The molecular weight excluding hydrogens is 220 g/mol. The first kappa shape index (κ1) is 11.2. The van der Waals surface area contributed by atoms with Gasteiger partial charge in [0.15, 0.2) is 0 Å². The Labute approximate surface area is 107 Å². The van der Waals surface area contributed by atoms with E-state index in [4.69, 9.17) is 5.11 Å². The van der Waals surface area contributed by atoms with Gasteiger partial charge in [-0.3, -0.25) is 0 Å². The van der Waals surface area contributed by atoms with Gasteiger partial charge < -0.3 is 5.11 Å². The highest BCUT2D eigenvalue weighted by atomic mass is 16.2. The molecule has 0 amide bonds. The average Bonchev–Trinajstić information content (AvgIpc) is 2.42. The molecule has 0 aliphatic carbocycles. The van der Waals surface area contributed by atoms with E-state index in [1.807, 2.05) is 0 Å². The maximum absolute atomic E-state index is 8.88. The van der Waals surface area contributed by atoms with Crippen LogP contribution in [0.3, 0.4) is 0 Å². The van der Waals surface area contributed by atoms with E-state index < -0.39 is 0 Å². The molecule has 0 spiro atoms. The number of aliphatic hydroxyl groups excluding tert-OH is 1. The largest absolute Gasteiger partial charge is 0.396 e. The van der Waals surface area contributed by atoms with E-state index in [2.05, 4.69) is 54.6 Å². The van der Waals surface area contributed by atoms with Crippen LogP contribution in [0, 0.1) is 0 Å². The Bertz CT molecular complexity index is 685. The van der Waals surface area contributed by atoms with Crippen LogP contribution in [0.5, 0.6) is 0 Å². The van der Waals surface area contributed by atoms with Gasteiger partial charge in [-0.25, -0.2) is 0 Å². The fourth-order valence-electron chi connectivity index (χ4n) is 2.43. The van der Waals surface area contributed by atoms with Crippen molar-refractivity contribution in [2.24, 2.45) is 0 Å². The second kappa shape index (κ2) is 4.79. The van der Waals surface area contributed by atoms with Crippen LogP contribution in [0.25, 0.3) is 21.5 Å². The summed E-state index contributed by atoms with van der Waals surface area (Å²) in [4.78, 5) is 0. The Morgan fingerprint density at radius 1 is 0.722 bits per heavy atom. The SMILES string of the molecule is OCCCc1ccc2cc3ccccc3cc2c1. The molecule has 0 aliphatic rings. The lowest BCUT2D eigenvalue weighted by molar-refractivity contribution is 0.288. The molecule has 1 N–H and O–H groups in total. The second-order valence-corrected chi connectivity index (χ2v) is 4.71. The van der Waals surface area contributed by atoms with Crippen molar-refractivity contribution in [2.75, 3.05) is 6.61 Å². The molecule has 3 aromatic carbocycles. The summed E-state index contributed by atoms with van der Waals surface area (Å²) >= 11 is 0. The standard InChI is InChI=1S/C17H16O/c18-9-3-4-13-7-8-16-11-14-5-1-2-6-15(14)12-17(16)10-13/h1-2,5-8,10-12,18H,3-4,9H2. The number of benzene rings is 3. The van der Waals surface area contributed by atoms with E-state index >= 15 is 0 Å². The van der Waals surface area contributed by atoms with Crippen LogP contribution in [-0.2, 0) is 6.42 Å². The topological polar surface area (TPSA) is 20.2 Å². The summed E-state index contributed by atoms with van der Waals surface area (Å²) in [7, 11) is 0. The quantitative estimate of drug-likeness (QED) is 0.683. The fraction of sp³-hybridized carbons (Fsp3) is 0.176. The normalized spacial score (nSPS) is 11.2. The number of aryl methyl sites for hydroxylation is 1. The van der Waals surface area contributed by atoms with Gasteiger partial charge in [-0.15, -0.1) is 0 Å². The Balaban J connectivity index is 2.12. The molecular formula is C17H16O. The lowest BCUT2D eigenvalue weighted by atomic mass is 10.0. The molecule has 90 valence electrons. The van der Waals surface area contributed by atoms with Crippen molar-refractivity contribution in [1.82, 2.24) is 0 Å². The van der Waals surface area contributed by atoms with E-state index in [-0.39, 0.29) is 6.61 Å². The summed E-state index contributed by atoms with van der Waals surface area (Å²) in [6, 6.07) is 19.5. The van der Waals surface area contributed by atoms with Crippen molar-refractivity contribution in [2.45, 2.75) is 12.8 Å². The molecule has 3 rings (SSSR count). The zero-order chi connectivity index (χ0) is 12.4. The number of hydrogen-bond acceptors (Lipinski definition) is 1. The zero-order valence-electron chi connectivity index (χ0n) is 10.3. The van der Waals surface area contributed by atoms with E-state index in [9.17, 15) is 0 Å². The van der Waals surface area contributed by atoms with Crippen LogP contribution >= 0.6 is 0 Å². The monoisotopic (exact) mass is 236 g/mol. The van der Waals surface area contributed by atoms with Gasteiger partial charge in [0, 0.05) is 6.61 Å². The van der Waals surface area contributed by atoms with Crippen LogP contribution < -0.4 is 0 Å². The predicted octanol–water partition coefficient (Wildman–Crippen LogP) is 3.92. The summed E-state index contributed by atoms with van der Waals surface area (Å²) in [5.74, 6) is 0. The van der Waals surface area contributed by atoms with Crippen molar-refractivity contribution in [3.05, 3.63) is 60.2 Å². The molecule has 0 saturated carbocycles. The van der Waals surface area contributed by atoms with Crippen LogP contribution in [0.4, 0.5) is 0 Å². The Morgan fingerprint density at radius 2 is 1.39 bits per heavy atom. The third kappa shape index (κ3) is 2.09. The molecule has 0 heterocycles. The molecule has 0 unspecified atom stereocenters. The van der Waals surface area contributed by atoms with Crippen molar-refractivity contribution in [1.29, 1.82) is 0 Å². The van der Waals surface area contributed by atoms with Crippen molar-refractivity contribution < 1.29 is 5.11 Å². The van der Waals surface area contributed by atoms with Gasteiger partial charge in [0.2, 0.25) is 0 Å². The number of aliphatic hydroxyl groups is 1. The molecule has 0 saturated heterocycles. The lowest BCUT2D eigenvalue weighted by Gasteiger charge is -2.05. The molecule has 1 nitrogen and oxygen atoms in total. The highest BCUT2D eigenvalue weighted by molar-refractivity contribution is 5.98. The van der Waals surface area contributed by atoms with Crippen LogP contribution in [0.2, 0.25) is 0 Å². The summed E-state index contributed by atoms with van der Waals surface area (Å²) in [5.41, 5.74) is 1.30. The minimum atomic E-state index is 0.260. The molecule has 0 bridgehead atoms. The third-order valence-electron chi connectivity index (χ3n) is 3.39. The van der Waals surface area contributed by atoms with Gasteiger partial charge in [0.1, 0.15) is 0 Å². The van der Waals surface area contributed by atoms with E-state index in [0.717, 1.165) is 12.8 Å². The lowest BCUT2D eigenvalue weighted by Crippen LogP contribution is -1.89. The molecule has 18 heavy (non-hydrogen) atoms. The Morgan fingerprint density at radius 3 is 2.11 bits per heavy atom. The van der Waals surface area contributed by atoms with Gasteiger partial charge in [0.05, 0.1) is 0 Å². The van der Waals surface area contributed by atoms with Crippen molar-refractivity contribution in [3.63, 3.8) is 0 Å². The fourth-order valence-corrected chi connectivity index (χ4v) is 2.43. The maximum atomic E-state index is 8.88. The first-order valence-corrected chi connectivity index (χ1v) is 6.39. The highest BCUT2D eigenvalue weighted by Gasteiger charge is 1.99. The molecule has 0 aliphatic heterocycles. The van der Waals surface area contributed by atoms with E-state index in [1.54, 1.807) is 0 Å². The molecule has 0 atom stereocenters. The summed E-state index contributed by atoms with van der Waals surface area (Å²) in [6.07, 6.45) is 1.78. The maximum Gasteiger partial charge on any atom is 0.0434 e. The second-order valence-electron chi connectivity index (χ2n) is 4.71. The minimum Gasteiger partial charge on any atom is -0.396 e. The van der Waals surface area contributed by atoms with Crippen LogP contribution in [0.1, 0.15) is 12.0 Å². The summed E-state index contributed by atoms with van der Waals surface area (Å²) in [6.45, 7) is 0.260.